The van der Waals surface area contributed by atoms with Gasteiger partial charge in [0.15, 0.2) is 12.0 Å². The minimum Gasteiger partial charge on any atom is -0.443 e. The normalized spacial score (nSPS) is 23.8. The molecule has 0 radical (unpaired) electrons. The van der Waals surface area contributed by atoms with Gasteiger partial charge in [0.1, 0.15) is 5.52 Å². The van der Waals surface area contributed by atoms with Crippen molar-refractivity contribution in [1.29, 1.82) is 0 Å². The van der Waals surface area contributed by atoms with E-state index in [2.05, 4.69) is 22.4 Å². The van der Waals surface area contributed by atoms with E-state index < -0.39 is 0 Å². The number of hydrogen-bond donors (Lipinski definition) is 2. The Hall–Kier alpha value is -1.39. The van der Waals surface area contributed by atoms with Crippen molar-refractivity contribution in [3.63, 3.8) is 0 Å². The van der Waals surface area contributed by atoms with Crippen LogP contribution in [0.1, 0.15) is 31.2 Å². The number of benzene rings is 1. The topological polar surface area (TPSA) is 64.1 Å². The molecule has 3 N–H and O–H groups in total. The molecule has 0 atom stereocenters. The Labute approximate surface area is 113 Å². The Bertz CT molecular complexity index is 529. The SMILES string of the molecule is NC1CCC(NCCc2ccc3ncoc3c2)CC1. The lowest BCUT2D eigenvalue weighted by Crippen LogP contribution is -2.38. The molecule has 102 valence electrons. The summed E-state index contributed by atoms with van der Waals surface area (Å²) in [7, 11) is 0. The second kappa shape index (κ2) is 5.72. The van der Waals surface area contributed by atoms with Crippen molar-refractivity contribution in [2.24, 2.45) is 5.73 Å². The fourth-order valence-corrected chi connectivity index (χ4v) is 2.80. The molecule has 0 aliphatic heterocycles. The van der Waals surface area contributed by atoms with Gasteiger partial charge in [0.2, 0.25) is 0 Å². The van der Waals surface area contributed by atoms with E-state index in [0.717, 1.165) is 36.9 Å². The van der Waals surface area contributed by atoms with Crippen LogP contribution >= 0.6 is 0 Å². The summed E-state index contributed by atoms with van der Waals surface area (Å²) in [6, 6.07) is 7.30. The molecule has 4 nitrogen and oxygen atoms in total. The van der Waals surface area contributed by atoms with Gasteiger partial charge >= 0.3 is 0 Å². The molecule has 0 amide bonds. The van der Waals surface area contributed by atoms with Crippen LogP contribution in [0.4, 0.5) is 0 Å². The number of nitrogens with one attached hydrogen (secondary N) is 1. The molecule has 1 aromatic carbocycles. The molecule has 0 saturated heterocycles. The van der Waals surface area contributed by atoms with Gasteiger partial charge in [-0.05, 0) is 56.3 Å². The highest BCUT2D eigenvalue weighted by Crippen LogP contribution is 2.17. The Balaban J connectivity index is 1.49. The minimum atomic E-state index is 0.423. The van der Waals surface area contributed by atoms with Gasteiger partial charge in [-0.3, -0.25) is 0 Å². The summed E-state index contributed by atoms with van der Waals surface area (Å²) in [4.78, 5) is 4.13. The molecule has 3 rings (SSSR count). The molecule has 0 spiro atoms. The molecule has 1 aliphatic rings. The van der Waals surface area contributed by atoms with Crippen molar-refractivity contribution in [2.75, 3.05) is 6.54 Å². The third-order valence-corrected chi connectivity index (χ3v) is 4.01. The van der Waals surface area contributed by atoms with E-state index in [0.29, 0.717) is 12.1 Å². The molecule has 19 heavy (non-hydrogen) atoms. The maximum atomic E-state index is 5.92. The number of nitrogens with two attached hydrogens (primary N) is 1. The van der Waals surface area contributed by atoms with Crippen LogP contribution in [0.25, 0.3) is 11.1 Å². The lowest BCUT2D eigenvalue weighted by Gasteiger charge is -2.26. The molecule has 1 saturated carbocycles. The highest BCUT2D eigenvalue weighted by Gasteiger charge is 2.17. The standard InChI is InChI=1S/C15H21N3O/c16-12-2-4-13(5-3-12)17-8-7-11-1-6-14-15(9-11)19-10-18-14/h1,6,9-10,12-13,17H,2-5,7-8,16H2. The van der Waals surface area contributed by atoms with Crippen LogP contribution < -0.4 is 11.1 Å². The van der Waals surface area contributed by atoms with Crippen molar-refractivity contribution in [2.45, 2.75) is 44.2 Å². The van der Waals surface area contributed by atoms with Gasteiger partial charge in [0, 0.05) is 12.1 Å². The second-order valence-electron chi connectivity index (χ2n) is 5.47. The number of aromatic nitrogens is 1. The molecule has 0 unspecified atom stereocenters. The van der Waals surface area contributed by atoms with Gasteiger partial charge < -0.3 is 15.5 Å². The number of hydrogen-bond acceptors (Lipinski definition) is 4. The zero-order chi connectivity index (χ0) is 13.1. The molecule has 1 aromatic heterocycles. The van der Waals surface area contributed by atoms with Crippen LogP contribution in [0.3, 0.4) is 0 Å². The zero-order valence-electron chi connectivity index (χ0n) is 11.1. The van der Waals surface area contributed by atoms with Gasteiger partial charge in [-0.25, -0.2) is 4.98 Å². The predicted octanol–water partition coefficient (Wildman–Crippen LogP) is 2.23. The summed E-state index contributed by atoms with van der Waals surface area (Å²) in [5.41, 5.74) is 9.02. The third-order valence-electron chi connectivity index (χ3n) is 4.01. The van der Waals surface area contributed by atoms with Crippen LogP contribution in [0, 0.1) is 0 Å². The summed E-state index contributed by atoms with van der Waals surface area (Å²) in [5, 5.41) is 3.63. The molecule has 2 aromatic rings. The average molecular weight is 259 g/mol. The van der Waals surface area contributed by atoms with E-state index in [1.165, 1.54) is 24.8 Å². The lowest BCUT2D eigenvalue weighted by molar-refractivity contribution is 0.344. The Morgan fingerprint density at radius 1 is 1.26 bits per heavy atom. The highest BCUT2D eigenvalue weighted by atomic mass is 16.3. The third kappa shape index (κ3) is 3.14. The van der Waals surface area contributed by atoms with Gasteiger partial charge in [0.25, 0.3) is 0 Å². The van der Waals surface area contributed by atoms with Crippen molar-refractivity contribution in [3.8, 4) is 0 Å². The average Bonchev–Trinajstić information content (AvgIpc) is 2.88. The van der Waals surface area contributed by atoms with Gasteiger partial charge in [-0.15, -0.1) is 0 Å². The van der Waals surface area contributed by atoms with Crippen molar-refractivity contribution >= 4 is 11.1 Å². The molecular weight excluding hydrogens is 238 g/mol. The van der Waals surface area contributed by atoms with Gasteiger partial charge in [-0.1, -0.05) is 6.07 Å². The summed E-state index contributed by atoms with van der Waals surface area (Å²) >= 11 is 0. The minimum absolute atomic E-state index is 0.423. The van der Waals surface area contributed by atoms with Gasteiger partial charge in [0.05, 0.1) is 0 Å². The first-order valence-corrected chi connectivity index (χ1v) is 7.12. The second-order valence-corrected chi connectivity index (χ2v) is 5.47. The summed E-state index contributed by atoms with van der Waals surface area (Å²) in [5.74, 6) is 0. The van der Waals surface area contributed by atoms with E-state index in [1.807, 2.05) is 6.07 Å². The first-order valence-electron chi connectivity index (χ1n) is 7.12. The molecule has 0 bridgehead atoms. The zero-order valence-corrected chi connectivity index (χ0v) is 11.1. The Kier molecular flexibility index (Phi) is 3.80. The summed E-state index contributed by atoms with van der Waals surface area (Å²) in [6.45, 7) is 1.01. The van der Waals surface area contributed by atoms with Crippen LogP contribution in [0.15, 0.2) is 29.0 Å². The van der Waals surface area contributed by atoms with E-state index in [4.69, 9.17) is 10.2 Å². The van der Waals surface area contributed by atoms with Crippen LogP contribution in [0.5, 0.6) is 0 Å². The Morgan fingerprint density at radius 2 is 2.11 bits per heavy atom. The predicted molar refractivity (Wildman–Crippen MR) is 75.9 cm³/mol. The maximum Gasteiger partial charge on any atom is 0.181 e. The monoisotopic (exact) mass is 259 g/mol. The van der Waals surface area contributed by atoms with Gasteiger partial charge in [-0.2, -0.15) is 0 Å². The van der Waals surface area contributed by atoms with Crippen LogP contribution in [-0.4, -0.2) is 23.6 Å². The highest BCUT2D eigenvalue weighted by molar-refractivity contribution is 5.72. The molecule has 4 heteroatoms. The first kappa shape index (κ1) is 12.6. The molecule has 1 fully saturated rings. The van der Waals surface area contributed by atoms with Crippen molar-refractivity contribution < 1.29 is 4.42 Å². The van der Waals surface area contributed by atoms with Crippen molar-refractivity contribution in [3.05, 3.63) is 30.2 Å². The first-order chi connectivity index (χ1) is 9.31. The van der Waals surface area contributed by atoms with Crippen LogP contribution in [-0.2, 0) is 6.42 Å². The molecule has 1 aliphatic carbocycles. The van der Waals surface area contributed by atoms with Crippen LogP contribution in [0.2, 0.25) is 0 Å². The quantitative estimate of drug-likeness (QED) is 0.883. The smallest absolute Gasteiger partial charge is 0.181 e. The molecule has 1 heterocycles. The van der Waals surface area contributed by atoms with E-state index >= 15 is 0 Å². The maximum absolute atomic E-state index is 5.92. The Morgan fingerprint density at radius 3 is 2.95 bits per heavy atom. The number of fused-ring (bicyclic) bond motifs is 1. The van der Waals surface area contributed by atoms with E-state index in [-0.39, 0.29) is 0 Å². The summed E-state index contributed by atoms with van der Waals surface area (Å²) in [6.07, 6.45) is 7.26. The van der Waals surface area contributed by atoms with E-state index in [9.17, 15) is 0 Å². The fraction of sp³-hybridized carbons (Fsp3) is 0.533. The lowest BCUT2D eigenvalue weighted by atomic mass is 9.92. The number of rotatable bonds is 4. The summed E-state index contributed by atoms with van der Waals surface area (Å²) < 4.78 is 5.32. The number of nitrogens with zero attached hydrogens (tertiary/aromatic N) is 1. The number of oxazole rings is 1. The molecular formula is C15H21N3O. The van der Waals surface area contributed by atoms with Crippen molar-refractivity contribution in [1.82, 2.24) is 10.3 Å². The largest absolute Gasteiger partial charge is 0.443 e. The fourth-order valence-electron chi connectivity index (χ4n) is 2.80. The van der Waals surface area contributed by atoms with E-state index in [1.54, 1.807) is 0 Å².